The van der Waals surface area contributed by atoms with E-state index in [2.05, 4.69) is 6.07 Å². The summed E-state index contributed by atoms with van der Waals surface area (Å²) in [6.45, 7) is 0. The van der Waals surface area contributed by atoms with Crippen LogP contribution in [0.1, 0.15) is 16.1 Å². The summed E-state index contributed by atoms with van der Waals surface area (Å²) in [6.07, 6.45) is 0.660. The van der Waals surface area contributed by atoms with Crippen LogP contribution in [0.2, 0.25) is 0 Å². The van der Waals surface area contributed by atoms with Crippen molar-refractivity contribution in [1.29, 1.82) is 5.26 Å². The lowest BCUT2D eigenvalue weighted by Gasteiger charge is -2.09. The monoisotopic (exact) mass is 289 g/mol. The minimum absolute atomic E-state index is 0.267. The molecule has 106 valence electrons. The van der Waals surface area contributed by atoms with Crippen LogP contribution in [-0.4, -0.2) is 6.29 Å². The Bertz CT molecular complexity index is 841. The average Bonchev–Trinajstić information content (AvgIpc) is 3.05. The lowest BCUT2D eigenvalue weighted by atomic mass is 10.1. The van der Waals surface area contributed by atoms with Crippen molar-refractivity contribution in [3.63, 3.8) is 0 Å². The highest BCUT2D eigenvalue weighted by molar-refractivity contribution is 5.74. The van der Waals surface area contributed by atoms with Gasteiger partial charge in [0, 0.05) is 0 Å². The summed E-state index contributed by atoms with van der Waals surface area (Å²) in [5, 5.41) is 8.81. The molecule has 0 aliphatic carbocycles. The van der Waals surface area contributed by atoms with Crippen LogP contribution in [0.5, 0.6) is 11.5 Å². The van der Waals surface area contributed by atoms with Crippen molar-refractivity contribution in [3.8, 4) is 28.9 Å². The van der Waals surface area contributed by atoms with Gasteiger partial charge in [0.25, 0.3) is 0 Å². The summed E-state index contributed by atoms with van der Waals surface area (Å²) < 4.78 is 11.3. The second-order valence-corrected chi connectivity index (χ2v) is 4.55. The van der Waals surface area contributed by atoms with E-state index in [1.165, 1.54) is 0 Å². The van der Waals surface area contributed by atoms with Crippen LogP contribution in [0, 0.1) is 11.3 Å². The van der Waals surface area contributed by atoms with E-state index in [0.717, 1.165) is 5.56 Å². The Balaban J connectivity index is 1.93. The summed E-state index contributed by atoms with van der Waals surface area (Å²) in [5.41, 5.74) is 1.32. The number of hydrogen-bond acceptors (Lipinski definition) is 4. The highest BCUT2D eigenvalue weighted by atomic mass is 16.5. The third-order valence-electron chi connectivity index (χ3n) is 3.11. The van der Waals surface area contributed by atoms with E-state index in [9.17, 15) is 4.79 Å². The summed E-state index contributed by atoms with van der Waals surface area (Å²) in [6, 6.07) is 19.6. The van der Waals surface area contributed by atoms with E-state index in [4.69, 9.17) is 14.4 Å². The molecule has 3 rings (SSSR count). The Hall–Kier alpha value is -3.32. The van der Waals surface area contributed by atoms with Gasteiger partial charge in [-0.05, 0) is 48.5 Å². The zero-order valence-electron chi connectivity index (χ0n) is 11.5. The molecule has 0 bridgehead atoms. The molecule has 1 aromatic heterocycles. The molecule has 1 heterocycles. The zero-order valence-corrected chi connectivity index (χ0v) is 11.5. The van der Waals surface area contributed by atoms with Gasteiger partial charge < -0.3 is 9.15 Å². The van der Waals surface area contributed by atoms with Crippen LogP contribution in [0.25, 0.3) is 11.3 Å². The maximum Gasteiger partial charge on any atom is 0.185 e. The number of benzene rings is 2. The van der Waals surface area contributed by atoms with Crippen molar-refractivity contribution in [3.05, 3.63) is 72.0 Å². The van der Waals surface area contributed by atoms with Gasteiger partial charge in [0.05, 0.1) is 17.2 Å². The van der Waals surface area contributed by atoms with Crippen LogP contribution in [0.3, 0.4) is 0 Å². The molecule has 4 heteroatoms. The Morgan fingerprint density at radius 2 is 1.77 bits per heavy atom. The quantitative estimate of drug-likeness (QED) is 0.667. The van der Waals surface area contributed by atoms with Gasteiger partial charge in [-0.15, -0.1) is 0 Å². The van der Waals surface area contributed by atoms with E-state index in [1.807, 2.05) is 24.3 Å². The van der Waals surface area contributed by atoms with Crippen molar-refractivity contribution >= 4 is 6.29 Å². The maximum absolute atomic E-state index is 10.7. The van der Waals surface area contributed by atoms with Crippen LogP contribution in [-0.2, 0) is 0 Å². The number of ether oxygens (including phenoxy) is 1. The average molecular weight is 289 g/mol. The van der Waals surface area contributed by atoms with Gasteiger partial charge >= 0.3 is 0 Å². The predicted octanol–water partition coefficient (Wildman–Crippen LogP) is 4.42. The molecule has 0 saturated heterocycles. The molecule has 0 amide bonds. The molecule has 0 radical (unpaired) electrons. The van der Waals surface area contributed by atoms with Crippen LogP contribution < -0.4 is 4.74 Å². The normalized spacial score (nSPS) is 9.95. The number of nitrogens with zero attached hydrogens (tertiary/aromatic N) is 1. The summed E-state index contributed by atoms with van der Waals surface area (Å²) in [5.74, 6) is 2.06. The molecule has 0 aliphatic heterocycles. The fourth-order valence-electron chi connectivity index (χ4n) is 2.04. The molecule has 0 fully saturated rings. The number of hydrogen-bond donors (Lipinski definition) is 0. The summed E-state index contributed by atoms with van der Waals surface area (Å²) in [4.78, 5) is 10.7. The molecular formula is C18H11NO3. The van der Waals surface area contributed by atoms with E-state index < -0.39 is 0 Å². The summed E-state index contributed by atoms with van der Waals surface area (Å²) in [7, 11) is 0. The van der Waals surface area contributed by atoms with Crippen molar-refractivity contribution in [1.82, 2.24) is 0 Å². The first kappa shape index (κ1) is 13.7. The number of aldehydes is 1. The minimum atomic E-state index is 0.267. The highest BCUT2D eigenvalue weighted by Crippen LogP contribution is 2.34. The lowest BCUT2D eigenvalue weighted by Crippen LogP contribution is -1.87. The SMILES string of the molecule is N#Cc1ccc(Oc2ccccc2-c2ccc(C=O)o2)cc1. The number of nitriles is 1. The van der Waals surface area contributed by atoms with Crippen LogP contribution >= 0.6 is 0 Å². The summed E-state index contributed by atoms with van der Waals surface area (Å²) >= 11 is 0. The number of para-hydroxylation sites is 1. The first-order valence-corrected chi connectivity index (χ1v) is 6.62. The minimum Gasteiger partial charge on any atom is -0.457 e. The Labute approximate surface area is 127 Å². The molecule has 0 N–H and O–H groups in total. The highest BCUT2D eigenvalue weighted by Gasteiger charge is 2.11. The number of furan rings is 1. The lowest BCUT2D eigenvalue weighted by molar-refractivity contribution is 0.110. The molecule has 22 heavy (non-hydrogen) atoms. The van der Waals surface area contributed by atoms with Gasteiger partial charge in [-0.3, -0.25) is 4.79 Å². The van der Waals surface area contributed by atoms with E-state index in [-0.39, 0.29) is 5.76 Å². The van der Waals surface area contributed by atoms with Gasteiger partial charge in [0.1, 0.15) is 17.3 Å². The van der Waals surface area contributed by atoms with Crippen LogP contribution in [0.15, 0.2) is 65.1 Å². The van der Waals surface area contributed by atoms with Gasteiger partial charge in [-0.2, -0.15) is 5.26 Å². The van der Waals surface area contributed by atoms with E-state index in [0.29, 0.717) is 29.1 Å². The molecule has 0 aliphatic rings. The number of rotatable bonds is 4. The fraction of sp³-hybridized carbons (Fsp3) is 0. The molecule has 4 nitrogen and oxygen atoms in total. The predicted molar refractivity (Wildman–Crippen MR) is 80.8 cm³/mol. The first-order valence-electron chi connectivity index (χ1n) is 6.62. The third-order valence-corrected chi connectivity index (χ3v) is 3.11. The van der Waals surface area contributed by atoms with Gasteiger partial charge in [0.2, 0.25) is 0 Å². The Morgan fingerprint density at radius 3 is 2.45 bits per heavy atom. The molecule has 3 aromatic rings. The van der Waals surface area contributed by atoms with Gasteiger partial charge in [-0.1, -0.05) is 12.1 Å². The topological polar surface area (TPSA) is 63.2 Å². The van der Waals surface area contributed by atoms with Crippen LogP contribution in [0.4, 0.5) is 0 Å². The standard InChI is InChI=1S/C18H11NO3/c19-11-13-5-7-14(8-6-13)21-17-4-2-1-3-16(17)18-10-9-15(12-20)22-18/h1-10,12H. The molecular weight excluding hydrogens is 278 g/mol. The molecule has 0 atom stereocenters. The number of carbonyl (C=O) groups excluding carboxylic acids is 1. The molecule has 2 aromatic carbocycles. The number of carbonyl (C=O) groups is 1. The molecule has 0 unspecified atom stereocenters. The van der Waals surface area contributed by atoms with Gasteiger partial charge in [-0.25, -0.2) is 0 Å². The molecule has 0 spiro atoms. The smallest absolute Gasteiger partial charge is 0.185 e. The largest absolute Gasteiger partial charge is 0.457 e. The second-order valence-electron chi connectivity index (χ2n) is 4.55. The molecule has 0 saturated carbocycles. The van der Waals surface area contributed by atoms with Crippen molar-refractivity contribution in [2.75, 3.05) is 0 Å². The Kier molecular flexibility index (Phi) is 3.71. The zero-order chi connectivity index (χ0) is 15.4. The Morgan fingerprint density at radius 1 is 1.00 bits per heavy atom. The third kappa shape index (κ3) is 2.74. The maximum atomic E-state index is 10.7. The first-order chi connectivity index (χ1) is 10.8. The van der Waals surface area contributed by atoms with E-state index >= 15 is 0 Å². The fourth-order valence-corrected chi connectivity index (χ4v) is 2.04. The van der Waals surface area contributed by atoms with Crippen molar-refractivity contribution in [2.45, 2.75) is 0 Å². The second kappa shape index (κ2) is 5.98. The van der Waals surface area contributed by atoms with Gasteiger partial charge in [0.15, 0.2) is 12.0 Å². The van der Waals surface area contributed by atoms with E-state index in [1.54, 1.807) is 36.4 Å². The van der Waals surface area contributed by atoms with Crippen molar-refractivity contribution < 1.29 is 13.9 Å². The van der Waals surface area contributed by atoms with Crippen molar-refractivity contribution in [2.24, 2.45) is 0 Å².